The Morgan fingerprint density at radius 3 is 2.21 bits per heavy atom. The Balaban J connectivity index is 2.34. The van der Waals surface area contributed by atoms with Gasteiger partial charge in [-0.2, -0.15) is 0 Å². The molecule has 0 saturated heterocycles. The number of fused-ring (bicyclic) bond motifs is 1. The van der Waals surface area contributed by atoms with Crippen molar-refractivity contribution < 1.29 is 19.4 Å². The fourth-order valence-electron chi connectivity index (χ4n) is 1.78. The van der Waals surface area contributed by atoms with Gasteiger partial charge in [0.2, 0.25) is 0 Å². The van der Waals surface area contributed by atoms with Crippen LogP contribution in [0.15, 0.2) is 36.4 Å². The van der Waals surface area contributed by atoms with Crippen LogP contribution in [0.2, 0.25) is 0 Å². The zero-order chi connectivity index (χ0) is 13.8. The highest BCUT2D eigenvalue weighted by Crippen LogP contribution is 2.18. The topological polar surface area (TPSA) is 63.6 Å². The van der Waals surface area contributed by atoms with Crippen molar-refractivity contribution in [3.63, 3.8) is 0 Å². The molecule has 0 aromatic heterocycles. The molecule has 0 bridgehead atoms. The molecule has 0 aliphatic rings. The molecule has 2 aromatic carbocycles. The van der Waals surface area contributed by atoms with Crippen molar-refractivity contribution in [3.05, 3.63) is 47.5 Å². The van der Waals surface area contributed by atoms with Crippen molar-refractivity contribution in [2.45, 2.75) is 13.3 Å². The fraction of sp³-hybridized carbons (Fsp3) is 0.200. The van der Waals surface area contributed by atoms with Crippen LogP contribution < -0.4 is 0 Å². The lowest BCUT2D eigenvalue weighted by atomic mass is 10.0. The molecule has 98 valence electrons. The average molecular weight is 258 g/mol. The van der Waals surface area contributed by atoms with Crippen molar-refractivity contribution in [2.75, 3.05) is 6.61 Å². The first-order chi connectivity index (χ1) is 9.11. The van der Waals surface area contributed by atoms with Crippen molar-refractivity contribution >= 4 is 22.7 Å². The number of carbonyl (C=O) groups excluding carboxylic acids is 1. The van der Waals surface area contributed by atoms with Gasteiger partial charge in [0, 0.05) is 0 Å². The van der Waals surface area contributed by atoms with Gasteiger partial charge in [-0.1, -0.05) is 19.1 Å². The molecule has 2 aromatic rings. The second-order valence-electron chi connectivity index (χ2n) is 4.22. The summed E-state index contributed by atoms with van der Waals surface area (Å²) in [5.41, 5.74) is 0.706. The lowest BCUT2D eigenvalue weighted by Gasteiger charge is -2.05. The van der Waals surface area contributed by atoms with Crippen LogP contribution in [0.25, 0.3) is 10.8 Å². The Morgan fingerprint density at radius 2 is 1.63 bits per heavy atom. The summed E-state index contributed by atoms with van der Waals surface area (Å²) in [6.45, 7) is 2.33. The highest BCUT2D eigenvalue weighted by Gasteiger charge is 2.09. The van der Waals surface area contributed by atoms with Gasteiger partial charge < -0.3 is 9.84 Å². The number of carboxylic acid groups (broad SMARTS) is 1. The predicted octanol–water partition coefficient (Wildman–Crippen LogP) is 3.10. The minimum absolute atomic E-state index is 0.230. The van der Waals surface area contributed by atoms with E-state index in [9.17, 15) is 9.59 Å². The van der Waals surface area contributed by atoms with Crippen LogP contribution in [0.1, 0.15) is 34.1 Å². The number of esters is 1. The van der Waals surface area contributed by atoms with Crippen molar-refractivity contribution in [1.82, 2.24) is 0 Å². The number of carboxylic acids is 1. The van der Waals surface area contributed by atoms with E-state index in [1.807, 2.05) is 6.92 Å². The van der Waals surface area contributed by atoms with Gasteiger partial charge in [0.15, 0.2) is 0 Å². The second kappa shape index (κ2) is 5.52. The molecule has 4 heteroatoms. The normalized spacial score (nSPS) is 10.4. The molecular weight excluding hydrogens is 244 g/mol. The smallest absolute Gasteiger partial charge is 0.338 e. The third kappa shape index (κ3) is 2.91. The minimum Gasteiger partial charge on any atom is -0.478 e. The number of hydrogen-bond donors (Lipinski definition) is 1. The van der Waals surface area contributed by atoms with Gasteiger partial charge in [-0.05, 0) is 41.5 Å². The number of aromatic carboxylic acids is 1. The maximum atomic E-state index is 11.7. The van der Waals surface area contributed by atoms with E-state index in [0.29, 0.717) is 12.2 Å². The van der Waals surface area contributed by atoms with Gasteiger partial charge in [-0.15, -0.1) is 0 Å². The van der Waals surface area contributed by atoms with Crippen molar-refractivity contribution in [2.24, 2.45) is 0 Å². The molecule has 0 spiro atoms. The second-order valence-corrected chi connectivity index (χ2v) is 4.22. The van der Waals surface area contributed by atoms with E-state index in [1.165, 1.54) is 6.07 Å². The van der Waals surface area contributed by atoms with Crippen LogP contribution in [-0.2, 0) is 4.74 Å². The van der Waals surface area contributed by atoms with Crippen LogP contribution >= 0.6 is 0 Å². The minimum atomic E-state index is -0.965. The summed E-state index contributed by atoms with van der Waals surface area (Å²) in [5.74, 6) is -1.32. The molecule has 0 atom stereocenters. The Labute approximate surface area is 110 Å². The van der Waals surface area contributed by atoms with E-state index < -0.39 is 5.97 Å². The van der Waals surface area contributed by atoms with Gasteiger partial charge in [0.05, 0.1) is 17.7 Å². The van der Waals surface area contributed by atoms with Crippen molar-refractivity contribution in [1.29, 1.82) is 0 Å². The Morgan fingerprint density at radius 1 is 1.05 bits per heavy atom. The Bertz CT molecular complexity index is 631. The molecule has 19 heavy (non-hydrogen) atoms. The van der Waals surface area contributed by atoms with E-state index >= 15 is 0 Å². The largest absolute Gasteiger partial charge is 0.478 e. The molecule has 0 aliphatic carbocycles. The van der Waals surface area contributed by atoms with Gasteiger partial charge in [0.1, 0.15) is 0 Å². The molecule has 0 radical (unpaired) electrons. The number of carbonyl (C=O) groups is 2. The summed E-state index contributed by atoms with van der Waals surface area (Å²) in [6.07, 6.45) is 0.779. The van der Waals surface area contributed by atoms with Gasteiger partial charge in [0.25, 0.3) is 0 Å². The third-order valence-electron chi connectivity index (χ3n) is 2.76. The zero-order valence-corrected chi connectivity index (χ0v) is 10.6. The summed E-state index contributed by atoms with van der Waals surface area (Å²) in [7, 11) is 0. The third-order valence-corrected chi connectivity index (χ3v) is 2.76. The van der Waals surface area contributed by atoms with Crippen LogP contribution in [0, 0.1) is 0 Å². The number of benzene rings is 2. The van der Waals surface area contributed by atoms with Crippen LogP contribution in [0.3, 0.4) is 0 Å². The van der Waals surface area contributed by atoms with E-state index in [2.05, 4.69) is 0 Å². The van der Waals surface area contributed by atoms with Crippen molar-refractivity contribution in [3.8, 4) is 0 Å². The highest BCUT2D eigenvalue weighted by atomic mass is 16.5. The summed E-state index contributed by atoms with van der Waals surface area (Å²) >= 11 is 0. The van der Waals surface area contributed by atoms with Gasteiger partial charge in [-0.25, -0.2) is 9.59 Å². The molecule has 0 aliphatic heterocycles. The standard InChI is InChI=1S/C15H14O4/c1-2-7-19-15(18)13-6-4-10-8-12(14(16)17)5-3-11(10)9-13/h3-6,8-9H,2,7H2,1H3,(H,16,17). The first-order valence-corrected chi connectivity index (χ1v) is 6.06. The number of hydrogen-bond acceptors (Lipinski definition) is 3. The predicted molar refractivity (Wildman–Crippen MR) is 71.5 cm³/mol. The molecule has 2 rings (SSSR count). The lowest BCUT2D eigenvalue weighted by molar-refractivity contribution is 0.0505. The summed E-state index contributed by atoms with van der Waals surface area (Å²) < 4.78 is 5.06. The van der Waals surface area contributed by atoms with Gasteiger partial charge >= 0.3 is 11.9 Å². The molecule has 0 heterocycles. The molecule has 4 nitrogen and oxygen atoms in total. The van der Waals surface area contributed by atoms with E-state index in [4.69, 9.17) is 9.84 Å². The van der Waals surface area contributed by atoms with Crippen LogP contribution in [0.5, 0.6) is 0 Å². The molecule has 0 unspecified atom stereocenters. The Kier molecular flexibility index (Phi) is 3.80. The molecule has 0 fully saturated rings. The highest BCUT2D eigenvalue weighted by molar-refractivity contribution is 5.98. The number of rotatable bonds is 4. The maximum Gasteiger partial charge on any atom is 0.338 e. The van der Waals surface area contributed by atoms with E-state index in [1.54, 1.807) is 30.3 Å². The van der Waals surface area contributed by atoms with E-state index in [0.717, 1.165) is 17.2 Å². The molecule has 0 saturated carbocycles. The summed E-state index contributed by atoms with van der Waals surface area (Å²) in [5, 5.41) is 10.5. The fourth-order valence-corrected chi connectivity index (χ4v) is 1.78. The number of ether oxygens (including phenoxy) is 1. The Hall–Kier alpha value is -2.36. The SMILES string of the molecule is CCCOC(=O)c1ccc2cc(C(=O)O)ccc2c1. The maximum absolute atomic E-state index is 11.7. The zero-order valence-electron chi connectivity index (χ0n) is 10.6. The summed E-state index contributed by atoms with van der Waals surface area (Å²) in [6, 6.07) is 9.87. The first-order valence-electron chi connectivity index (χ1n) is 6.06. The quantitative estimate of drug-likeness (QED) is 0.856. The van der Waals surface area contributed by atoms with Crippen LogP contribution in [0.4, 0.5) is 0 Å². The molecule has 1 N–H and O–H groups in total. The first kappa shape index (κ1) is 13.1. The van der Waals surface area contributed by atoms with Crippen LogP contribution in [-0.4, -0.2) is 23.7 Å². The monoisotopic (exact) mass is 258 g/mol. The van der Waals surface area contributed by atoms with Gasteiger partial charge in [-0.3, -0.25) is 0 Å². The summed E-state index contributed by atoms with van der Waals surface area (Å²) in [4.78, 5) is 22.6. The van der Waals surface area contributed by atoms with E-state index in [-0.39, 0.29) is 11.5 Å². The molecule has 0 amide bonds. The average Bonchev–Trinajstić information content (AvgIpc) is 2.43. The molecular formula is C15H14O4. The lowest BCUT2D eigenvalue weighted by Crippen LogP contribution is -2.05.